The standard InChI is InChI=1S/C11H15N3O2/c1-16-10-5-12-4-9(13-10)11(15)7-14-3-2-8(11)6-14/h4-5,8,15H,2-3,6-7H2,1H3. The van der Waals surface area contributed by atoms with Crippen LogP contribution in [0.2, 0.25) is 0 Å². The number of rotatable bonds is 2. The fourth-order valence-electron chi connectivity index (χ4n) is 2.78. The van der Waals surface area contributed by atoms with Crippen LogP contribution in [0.25, 0.3) is 0 Å². The van der Waals surface area contributed by atoms with Crippen LogP contribution in [0.4, 0.5) is 0 Å². The molecule has 0 amide bonds. The third kappa shape index (κ3) is 1.32. The van der Waals surface area contributed by atoms with E-state index >= 15 is 0 Å². The summed E-state index contributed by atoms with van der Waals surface area (Å²) in [4.78, 5) is 10.6. The minimum atomic E-state index is -0.834. The predicted molar refractivity (Wildman–Crippen MR) is 57.0 cm³/mol. The highest BCUT2D eigenvalue weighted by Crippen LogP contribution is 2.42. The average Bonchev–Trinajstić information content (AvgIpc) is 2.89. The molecular formula is C11H15N3O2. The number of fused-ring (bicyclic) bond motifs is 2. The first-order chi connectivity index (χ1) is 7.72. The molecule has 5 nitrogen and oxygen atoms in total. The van der Waals surface area contributed by atoms with Crippen LogP contribution in [0.15, 0.2) is 12.4 Å². The molecule has 1 aromatic rings. The fourth-order valence-corrected chi connectivity index (χ4v) is 2.78. The van der Waals surface area contributed by atoms with Crippen molar-refractivity contribution in [3.05, 3.63) is 18.1 Å². The van der Waals surface area contributed by atoms with Crippen molar-refractivity contribution in [2.45, 2.75) is 12.0 Å². The summed E-state index contributed by atoms with van der Waals surface area (Å²) >= 11 is 0. The van der Waals surface area contributed by atoms with Gasteiger partial charge in [0, 0.05) is 19.0 Å². The smallest absolute Gasteiger partial charge is 0.232 e. The maximum absolute atomic E-state index is 10.7. The molecule has 5 heteroatoms. The van der Waals surface area contributed by atoms with Gasteiger partial charge in [0.2, 0.25) is 5.88 Å². The number of aromatic nitrogens is 2. The van der Waals surface area contributed by atoms with Crippen molar-refractivity contribution in [2.75, 3.05) is 26.7 Å². The van der Waals surface area contributed by atoms with E-state index in [-0.39, 0.29) is 5.92 Å². The lowest BCUT2D eigenvalue weighted by atomic mass is 9.85. The Bertz CT molecular complexity index is 412. The average molecular weight is 221 g/mol. The first-order valence-corrected chi connectivity index (χ1v) is 5.53. The SMILES string of the molecule is COc1cncc(C2(O)CN3CCC2C3)n1. The molecule has 1 aromatic heterocycles. The predicted octanol–water partition coefficient (Wildman–Crippen LogP) is 0.00830. The molecule has 0 radical (unpaired) electrons. The molecule has 2 fully saturated rings. The summed E-state index contributed by atoms with van der Waals surface area (Å²) < 4.78 is 5.04. The van der Waals surface area contributed by atoms with Crippen molar-refractivity contribution in [3.63, 3.8) is 0 Å². The van der Waals surface area contributed by atoms with Gasteiger partial charge in [0.1, 0.15) is 5.60 Å². The lowest BCUT2D eigenvalue weighted by Crippen LogP contribution is -2.40. The van der Waals surface area contributed by atoms with Crippen molar-refractivity contribution in [1.29, 1.82) is 0 Å². The number of methoxy groups -OCH3 is 1. The zero-order valence-corrected chi connectivity index (χ0v) is 9.26. The van der Waals surface area contributed by atoms with E-state index in [0.717, 1.165) is 19.5 Å². The lowest BCUT2D eigenvalue weighted by molar-refractivity contribution is -0.0145. The number of hydrogen-bond acceptors (Lipinski definition) is 5. The van der Waals surface area contributed by atoms with Gasteiger partial charge in [-0.05, 0) is 13.0 Å². The quantitative estimate of drug-likeness (QED) is 0.762. The molecule has 2 aliphatic rings. The maximum Gasteiger partial charge on any atom is 0.232 e. The van der Waals surface area contributed by atoms with Crippen LogP contribution in [-0.2, 0) is 5.60 Å². The highest BCUT2D eigenvalue weighted by Gasteiger charge is 2.51. The topological polar surface area (TPSA) is 58.5 Å². The second kappa shape index (κ2) is 3.40. The molecule has 3 rings (SSSR count). The molecule has 3 atom stereocenters. The van der Waals surface area contributed by atoms with Crippen LogP contribution in [0.5, 0.6) is 5.88 Å². The van der Waals surface area contributed by atoms with Crippen LogP contribution in [0.3, 0.4) is 0 Å². The fraction of sp³-hybridized carbons (Fsp3) is 0.636. The third-order valence-corrected chi connectivity index (χ3v) is 3.68. The summed E-state index contributed by atoms with van der Waals surface area (Å²) in [6.07, 6.45) is 4.24. The highest BCUT2D eigenvalue weighted by molar-refractivity contribution is 5.20. The van der Waals surface area contributed by atoms with Crippen molar-refractivity contribution < 1.29 is 9.84 Å². The van der Waals surface area contributed by atoms with E-state index < -0.39 is 5.60 Å². The monoisotopic (exact) mass is 221 g/mol. The van der Waals surface area contributed by atoms with Crippen LogP contribution in [0.1, 0.15) is 12.1 Å². The Hall–Kier alpha value is -1.20. The molecule has 2 aliphatic heterocycles. The molecule has 0 aliphatic carbocycles. The number of nitrogens with zero attached hydrogens (tertiary/aromatic N) is 3. The van der Waals surface area contributed by atoms with Gasteiger partial charge in [-0.2, -0.15) is 0 Å². The molecule has 16 heavy (non-hydrogen) atoms. The maximum atomic E-state index is 10.7. The normalized spacial score (nSPS) is 36.6. The summed E-state index contributed by atoms with van der Waals surface area (Å²) in [6, 6.07) is 0. The van der Waals surface area contributed by atoms with Crippen LogP contribution < -0.4 is 4.74 Å². The Morgan fingerprint density at radius 3 is 3.06 bits per heavy atom. The lowest BCUT2D eigenvalue weighted by Gasteiger charge is -2.31. The molecular weight excluding hydrogens is 206 g/mol. The van der Waals surface area contributed by atoms with Gasteiger partial charge >= 0.3 is 0 Å². The van der Waals surface area contributed by atoms with Crippen molar-refractivity contribution in [3.8, 4) is 5.88 Å². The Labute approximate surface area is 94.1 Å². The van der Waals surface area contributed by atoms with Gasteiger partial charge in [0.25, 0.3) is 0 Å². The Balaban J connectivity index is 1.96. The first kappa shape index (κ1) is 9.99. The summed E-state index contributed by atoms with van der Waals surface area (Å²) in [5, 5.41) is 10.7. The molecule has 1 N–H and O–H groups in total. The second-order valence-corrected chi connectivity index (χ2v) is 4.59. The molecule has 0 spiro atoms. The van der Waals surface area contributed by atoms with E-state index in [1.807, 2.05) is 0 Å². The first-order valence-electron chi connectivity index (χ1n) is 5.53. The van der Waals surface area contributed by atoms with E-state index in [0.29, 0.717) is 18.1 Å². The van der Waals surface area contributed by atoms with Gasteiger partial charge in [-0.1, -0.05) is 0 Å². The molecule has 2 saturated heterocycles. The van der Waals surface area contributed by atoms with E-state index in [4.69, 9.17) is 4.74 Å². The van der Waals surface area contributed by atoms with Crippen molar-refractivity contribution in [1.82, 2.24) is 14.9 Å². The van der Waals surface area contributed by atoms with E-state index in [1.54, 1.807) is 19.5 Å². The van der Waals surface area contributed by atoms with Gasteiger partial charge in [-0.15, -0.1) is 0 Å². The summed E-state index contributed by atoms with van der Waals surface area (Å²) in [6.45, 7) is 2.72. The summed E-state index contributed by atoms with van der Waals surface area (Å²) in [5.74, 6) is 0.748. The van der Waals surface area contributed by atoms with Crippen LogP contribution in [-0.4, -0.2) is 46.7 Å². The van der Waals surface area contributed by atoms with Gasteiger partial charge in [-0.25, -0.2) is 4.98 Å². The Morgan fingerprint density at radius 1 is 1.56 bits per heavy atom. The molecule has 3 unspecified atom stereocenters. The van der Waals surface area contributed by atoms with Crippen LogP contribution >= 0.6 is 0 Å². The minimum absolute atomic E-state index is 0.286. The zero-order chi connectivity index (χ0) is 11.2. The number of hydrogen-bond donors (Lipinski definition) is 1. The molecule has 86 valence electrons. The summed E-state index contributed by atoms with van der Waals surface area (Å²) in [5.41, 5.74) is -0.196. The second-order valence-electron chi connectivity index (χ2n) is 4.59. The van der Waals surface area contributed by atoms with Gasteiger partial charge < -0.3 is 9.84 Å². The number of piperidine rings is 1. The van der Waals surface area contributed by atoms with Gasteiger partial charge in [0.15, 0.2) is 0 Å². The highest BCUT2D eigenvalue weighted by atomic mass is 16.5. The molecule has 0 saturated carbocycles. The number of aliphatic hydroxyl groups is 1. The molecule has 3 heterocycles. The van der Waals surface area contributed by atoms with Gasteiger partial charge in [0.05, 0.1) is 25.2 Å². The van der Waals surface area contributed by atoms with Crippen LogP contribution in [0, 0.1) is 5.92 Å². The van der Waals surface area contributed by atoms with E-state index in [1.165, 1.54) is 0 Å². The molecule has 2 bridgehead atoms. The minimum Gasteiger partial charge on any atom is -0.480 e. The number of ether oxygens (including phenoxy) is 1. The third-order valence-electron chi connectivity index (χ3n) is 3.68. The van der Waals surface area contributed by atoms with E-state index in [9.17, 15) is 5.11 Å². The zero-order valence-electron chi connectivity index (χ0n) is 9.26. The van der Waals surface area contributed by atoms with Gasteiger partial charge in [-0.3, -0.25) is 9.88 Å². The Morgan fingerprint density at radius 2 is 2.44 bits per heavy atom. The van der Waals surface area contributed by atoms with E-state index in [2.05, 4.69) is 14.9 Å². The Kier molecular flexibility index (Phi) is 2.12. The molecule has 0 aromatic carbocycles. The van der Waals surface area contributed by atoms with Crippen molar-refractivity contribution in [2.24, 2.45) is 5.92 Å². The summed E-state index contributed by atoms with van der Waals surface area (Å²) in [7, 11) is 1.56. The van der Waals surface area contributed by atoms with Crippen molar-refractivity contribution >= 4 is 0 Å². The largest absolute Gasteiger partial charge is 0.480 e.